The van der Waals surface area contributed by atoms with Crippen molar-refractivity contribution in [2.75, 3.05) is 19.0 Å². The van der Waals surface area contributed by atoms with Gasteiger partial charge in [0, 0.05) is 17.4 Å². The molecule has 0 aliphatic carbocycles. The van der Waals surface area contributed by atoms with Gasteiger partial charge in [0.1, 0.15) is 11.6 Å². The first-order valence-electron chi connectivity index (χ1n) is 7.60. The lowest BCUT2D eigenvalue weighted by molar-refractivity contribution is -0.116. The normalized spacial score (nSPS) is 12.9. The number of hydrogen-bond acceptors (Lipinski definition) is 4. The standard InChI is InChI=1S/C16H28FN3O2Si/c1-15(2,3)23(17,16(4,5)6)12-9-19-14(8-11(12)22-7)20-10-13(18)21/h8-9H,10H2,1-7H3,(H2,18,21)(H,19,20). The molecule has 130 valence electrons. The van der Waals surface area contributed by atoms with E-state index in [2.05, 4.69) is 10.3 Å². The minimum atomic E-state index is -3.47. The predicted molar refractivity (Wildman–Crippen MR) is 94.4 cm³/mol. The summed E-state index contributed by atoms with van der Waals surface area (Å²) in [6, 6.07) is 1.62. The molecule has 0 aliphatic heterocycles. The number of primary amides is 1. The number of halogens is 1. The van der Waals surface area contributed by atoms with Gasteiger partial charge < -0.3 is 19.9 Å². The molecular weight excluding hydrogens is 313 g/mol. The maximum atomic E-state index is 16.4. The number of rotatable bonds is 5. The third kappa shape index (κ3) is 3.83. The zero-order valence-corrected chi connectivity index (χ0v) is 16.1. The van der Waals surface area contributed by atoms with Crippen LogP contribution in [-0.2, 0) is 4.79 Å². The number of anilines is 1. The van der Waals surface area contributed by atoms with E-state index in [4.69, 9.17) is 10.5 Å². The second-order valence-corrected chi connectivity index (χ2v) is 12.6. The van der Waals surface area contributed by atoms with Gasteiger partial charge in [0.25, 0.3) is 8.41 Å². The van der Waals surface area contributed by atoms with Gasteiger partial charge in [-0.25, -0.2) is 4.98 Å². The average molecular weight is 342 g/mol. The van der Waals surface area contributed by atoms with E-state index in [0.29, 0.717) is 16.8 Å². The van der Waals surface area contributed by atoms with E-state index in [1.54, 1.807) is 6.07 Å². The molecule has 0 spiro atoms. The summed E-state index contributed by atoms with van der Waals surface area (Å²) in [5, 5.41) is 2.28. The molecule has 5 nitrogen and oxygen atoms in total. The van der Waals surface area contributed by atoms with E-state index in [-0.39, 0.29) is 6.54 Å². The fourth-order valence-corrected chi connectivity index (χ4v) is 7.69. The van der Waals surface area contributed by atoms with E-state index >= 15 is 4.11 Å². The number of nitrogens with zero attached hydrogens (tertiary/aromatic N) is 1. The first-order valence-corrected chi connectivity index (χ1v) is 9.48. The van der Waals surface area contributed by atoms with Gasteiger partial charge in [0.2, 0.25) is 5.91 Å². The van der Waals surface area contributed by atoms with Gasteiger partial charge in [0.05, 0.1) is 13.7 Å². The number of carbonyl (C=O) groups is 1. The third-order valence-electron chi connectivity index (χ3n) is 3.97. The molecule has 0 saturated carbocycles. The van der Waals surface area contributed by atoms with Gasteiger partial charge in [0.15, 0.2) is 0 Å². The van der Waals surface area contributed by atoms with Gasteiger partial charge in [-0.15, -0.1) is 0 Å². The highest BCUT2D eigenvalue weighted by Gasteiger charge is 2.58. The van der Waals surface area contributed by atoms with E-state index in [0.717, 1.165) is 0 Å². The molecule has 0 bridgehead atoms. The Morgan fingerprint density at radius 1 is 1.30 bits per heavy atom. The quantitative estimate of drug-likeness (QED) is 0.638. The van der Waals surface area contributed by atoms with Crippen molar-refractivity contribution in [3.05, 3.63) is 12.3 Å². The van der Waals surface area contributed by atoms with Crippen LogP contribution in [0.2, 0.25) is 10.1 Å². The molecule has 0 unspecified atom stereocenters. The van der Waals surface area contributed by atoms with Crippen LogP contribution in [0.4, 0.5) is 9.93 Å². The molecule has 1 aromatic heterocycles. The topological polar surface area (TPSA) is 77.2 Å². The highest BCUT2D eigenvalue weighted by molar-refractivity contribution is 6.91. The van der Waals surface area contributed by atoms with Crippen LogP contribution >= 0.6 is 0 Å². The number of carbonyl (C=O) groups excluding carboxylic acids is 1. The van der Waals surface area contributed by atoms with Gasteiger partial charge in [-0.1, -0.05) is 41.5 Å². The van der Waals surface area contributed by atoms with E-state index in [1.165, 1.54) is 13.3 Å². The Morgan fingerprint density at radius 3 is 2.22 bits per heavy atom. The minimum absolute atomic E-state index is 0.0355. The molecule has 0 aromatic carbocycles. The first-order chi connectivity index (χ1) is 10.3. The smallest absolute Gasteiger partial charge is 0.293 e. The molecule has 1 amide bonds. The zero-order chi connectivity index (χ0) is 18.1. The molecule has 0 aliphatic rings. The van der Waals surface area contributed by atoms with Gasteiger partial charge in [-0.3, -0.25) is 4.79 Å². The van der Waals surface area contributed by atoms with Crippen molar-refractivity contribution in [2.45, 2.75) is 51.6 Å². The Morgan fingerprint density at radius 2 is 1.83 bits per heavy atom. The maximum absolute atomic E-state index is 16.4. The summed E-state index contributed by atoms with van der Waals surface area (Å²) in [4.78, 5) is 15.1. The Balaban J connectivity index is 3.42. The molecule has 1 aromatic rings. The molecule has 3 N–H and O–H groups in total. The predicted octanol–water partition coefficient (Wildman–Crippen LogP) is 2.71. The van der Waals surface area contributed by atoms with Crippen LogP contribution in [0.3, 0.4) is 0 Å². The van der Waals surface area contributed by atoms with Crippen molar-refractivity contribution in [3.8, 4) is 5.75 Å². The monoisotopic (exact) mass is 341 g/mol. The molecule has 7 heteroatoms. The summed E-state index contributed by atoms with van der Waals surface area (Å²) in [7, 11) is -1.96. The number of methoxy groups -OCH3 is 1. The largest absolute Gasteiger partial charge is 0.497 e. The van der Waals surface area contributed by atoms with Crippen LogP contribution in [-0.4, -0.2) is 33.0 Å². The highest BCUT2D eigenvalue weighted by atomic mass is 28.4. The van der Waals surface area contributed by atoms with Crippen LogP contribution in [0.5, 0.6) is 5.75 Å². The molecule has 1 rings (SSSR count). The minimum Gasteiger partial charge on any atom is -0.497 e. The van der Waals surface area contributed by atoms with Crippen LogP contribution < -0.4 is 21.0 Å². The lowest BCUT2D eigenvalue weighted by Gasteiger charge is -2.45. The summed E-state index contributed by atoms with van der Waals surface area (Å²) in [5.41, 5.74) is 5.11. The maximum Gasteiger partial charge on any atom is 0.293 e. The molecule has 0 radical (unpaired) electrons. The molecule has 0 atom stereocenters. The molecule has 23 heavy (non-hydrogen) atoms. The van der Waals surface area contributed by atoms with E-state index in [1.807, 2.05) is 41.5 Å². The molecule has 0 saturated heterocycles. The second kappa shape index (κ2) is 6.47. The Kier molecular flexibility index (Phi) is 5.46. The van der Waals surface area contributed by atoms with Crippen molar-refractivity contribution in [1.29, 1.82) is 0 Å². The Bertz CT molecular complexity index is 566. The van der Waals surface area contributed by atoms with Crippen molar-refractivity contribution in [1.82, 2.24) is 4.98 Å². The van der Waals surface area contributed by atoms with Crippen LogP contribution in [0, 0.1) is 0 Å². The van der Waals surface area contributed by atoms with Crippen molar-refractivity contribution in [3.63, 3.8) is 0 Å². The Hall–Kier alpha value is -1.63. The van der Waals surface area contributed by atoms with Crippen molar-refractivity contribution in [2.24, 2.45) is 5.73 Å². The first kappa shape index (κ1) is 19.4. The Labute approximate surface area is 139 Å². The number of nitrogens with one attached hydrogen (secondary N) is 1. The van der Waals surface area contributed by atoms with E-state index < -0.39 is 24.4 Å². The fraction of sp³-hybridized carbons (Fsp3) is 0.625. The molecule has 1 heterocycles. The number of amides is 1. The lowest BCUT2D eigenvalue weighted by Crippen LogP contribution is -2.58. The third-order valence-corrected chi connectivity index (χ3v) is 9.22. The van der Waals surface area contributed by atoms with Gasteiger partial charge in [-0.2, -0.15) is 0 Å². The number of nitrogens with two attached hydrogens (primary N) is 1. The fourth-order valence-electron chi connectivity index (χ4n) is 3.07. The summed E-state index contributed by atoms with van der Waals surface area (Å²) < 4.78 is 21.8. The summed E-state index contributed by atoms with van der Waals surface area (Å²) in [6.45, 7) is 11.5. The summed E-state index contributed by atoms with van der Waals surface area (Å²) in [5.74, 6) is 0.392. The number of hydrogen-bond donors (Lipinski definition) is 2. The average Bonchev–Trinajstić information content (AvgIpc) is 2.41. The molecular formula is C16H28FN3O2Si. The van der Waals surface area contributed by atoms with Gasteiger partial charge in [-0.05, 0) is 10.1 Å². The van der Waals surface area contributed by atoms with Gasteiger partial charge >= 0.3 is 0 Å². The van der Waals surface area contributed by atoms with Crippen LogP contribution in [0.1, 0.15) is 41.5 Å². The number of aromatic nitrogens is 1. The van der Waals surface area contributed by atoms with Crippen molar-refractivity contribution < 1.29 is 13.6 Å². The summed E-state index contributed by atoms with van der Waals surface area (Å²) >= 11 is 0. The second-order valence-electron chi connectivity index (χ2n) is 7.75. The SMILES string of the molecule is COc1cc(NCC(N)=O)ncc1[Si](F)(C(C)(C)C)C(C)(C)C. The zero-order valence-electron chi connectivity index (χ0n) is 15.1. The highest BCUT2D eigenvalue weighted by Crippen LogP contribution is 2.52. The molecule has 0 fully saturated rings. The summed E-state index contributed by atoms with van der Waals surface area (Å²) in [6.07, 6.45) is 1.53. The lowest BCUT2D eigenvalue weighted by atomic mass is 10.2. The number of pyridine rings is 1. The van der Waals surface area contributed by atoms with Crippen LogP contribution in [0.15, 0.2) is 12.3 Å². The number of ether oxygens (including phenoxy) is 1. The van der Waals surface area contributed by atoms with Crippen LogP contribution in [0.25, 0.3) is 0 Å². The van der Waals surface area contributed by atoms with Crippen molar-refractivity contribution >= 4 is 25.3 Å². The van der Waals surface area contributed by atoms with E-state index in [9.17, 15) is 4.79 Å².